The molecule has 1 amide bonds. The smallest absolute Gasteiger partial charge is 0.256 e. The lowest BCUT2D eigenvalue weighted by molar-refractivity contribution is -0.117. The summed E-state index contributed by atoms with van der Waals surface area (Å²) in [6.07, 6.45) is 4.67. The van der Waals surface area contributed by atoms with Gasteiger partial charge in [-0.2, -0.15) is 0 Å². The maximum absolute atomic E-state index is 12.7. The van der Waals surface area contributed by atoms with Gasteiger partial charge in [0.2, 0.25) is 5.75 Å². The molecule has 0 aromatic heterocycles. The highest BCUT2D eigenvalue weighted by molar-refractivity contribution is 7.90. The molecule has 1 unspecified atom stereocenters. The molecule has 29 heavy (non-hydrogen) atoms. The Kier molecular flexibility index (Phi) is 5.83. The predicted molar refractivity (Wildman–Crippen MR) is 108 cm³/mol. The first-order valence-electron chi connectivity index (χ1n) is 8.88. The molecule has 0 spiro atoms. The van der Waals surface area contributed by atoms with Crippen molar-refractivity contribution in [2.45, 2.75) is 13.0 Å². The second-order valence-corrected chi connectivity index (χ2v) is 8.26. The summed E-state index contributed by atoms with van der Waals surface area (Å²) in [5, 5.41) is 2.92. The molecule has 10 heteroatoms. The maximum atomic E-state index is 12.7. The third-order valence-electron chi connectivity index (χ3n) is 4.62. The van der Waals surface area contributed by atoms with Gasteiger partial charge in [-0.05, 0) is 36.8 Å². The fourth-order valence-corrected chi connectivity index (χ4v) is 4.02. The van der Waals surface area contributed by atoms with Crippen molar-refractivity contribution >= 4 is 21.8 Å². The molecule has 9 nitrogen and oxygen atoms in total. The van der Waals surface area contributed by atoms with Crippen LogP contribution < -0.4 is 19.5 Å². The summed E-state index contributed by atoms with van der Waals surface area (Å²) in [7, 11) is 1.15. The van der Waals surface area contributed by atoms with Crippen LogP contribution in [0.2, 0.25) is 0 Å². The van der Waals surface area contributed by atoms with Gasteiger partial charge in [0.15, 0.2) is 11.5 Å². The van der Waals surface area contributed by atoms with E-state index in [1.54, 1.807) is 29.3 Å². The zero-order valence-corrected chi connectivity index (χ0v) is 17.4. The Morgan fingerprint density at radius 1 is 1.14 bits per heavy atom. The Morgan fingerprint density at radius 3 is 2.38 bits per heavy atom. The lowest BCUT2D eigenvalue weighted by Gasteiger charge is -2.27. The molecular formula is C19H23N3O6S. The van der Waals surface area contributed by atoms with E-state index >= 15 is 0 Å². The molecule has 1 aromatic rings. The number of nitrogens with one attached hydrogen (secondary N) is 1. The second-order valence-electron chi connectivity index (χ2n) is 6.50. The van der Waals surface area contributed by atoms with Crippen LogP contribution in [0.3, 0.4) is 0 Å². The molecule has 0 saturated heterocycles. The number of hydrogen-bond donors (Lipinski definition) is 1. The Balaban J connectivity index is 1.78. The number of amides is 1. The van der Waals surface area contributed by atoms with Crippen LogP contribution in [0.1, 0.15) is 18.5 Å². The van der Waals surface area contributed by atoms with E-state index in [4.69, 9.17) is 14.2 Å². The third kappa shape index (κ3) is 4.37. The molecule has 0 radical (unpaired) electrons. The van der Waals surface area contributed by atoms with Crippen molar-refractivity contribution < 1.29 is 27.4 Å². The molecule has 156 valence electrons. The van der Waals surface area contributed by atoms with E-state index in [9.17, 15) is 13.2 Å². The van der Waals surface area contributed by atoms with Crippen LogP contribution in [-0.2, 0) is 14.8 Å². The van der Waals surface area contributed by atoms with Gasteiger partial charge in [0.25, 0.3) is 15.9 Å². The normalized spacial score (nSPS) is 18.1. The van der Waals surface area contributed by atoms with Crippen LogP contribution in [0.4, 0.5) is 0 Å². The fourth-order valence-electron chi connectivity index (χ4n) is 3.05. The number of fused-ring (bicyclic) bond motifs is 1. The summed E-state index contributed by atoms with van der Waals surface area (Å²) in [6, 6.07) is 3.21. The van der Waals surface area contributed by atoms with Crippen molar-refractivity contribution in [1.29, 1.82) is 0 Å². The van der Waals surface area contributed by atoms with Gasteiger partial charge in [-0.1, -0.05) is 0 Å². The van der Waals surface area contributed by atoms with Gasteiger partial charge in [0, 0.05) is 12.7 Å². The predicted octanol–water partition coefficient (Wildman–Crippen LogP) is 1.39. The summed E-state index contributed by atoms with van der Waals surface area (Å²) >= 11 is 0. The van der Waals surface area contributed by atoms with Gasteiger partial charge in [-0.15, -0.1) is 4.40 Å². The van der Waals surface area contributed by atoms with Gasteiger partial charge in [0.05, 0.1) is 38.7 Å². The fraction of sp³-hybridized carbons (Fsp3) is 0.368. The molecule has 2 heterocycles. The molecule has 2 aliphatic heterocycles. The van der Waals surface area contributed by atoms with Crippen molar-refractivity contribution in [1.82, 2.24) is 10.2 Å². The maximum Gasteiger partial charge on any atom is 0.256 e. The van der Waals surface area contributed by atoms with Crippen molar-refractivity contribution in [3.8, 4) is 17.2 Å². The Bertz CT molecular complexity index is 988. The van der Waals surface area contributed by atoms with Crippen molar-refractivity contribution in [2.75, 3.05) is 33.6 Å². The van der Waals surface area contributed by atoms with E-state index in [1.165, 1.54) is 27.4 Å². The first-order chi connectivity index (χ1) is 13.8. The summed E-state index contributed by atoms with van der Waals surface area (Å²) in [4.78, 5) is 14.4. The Morgan fingerprint density at radius 2 is 1.79 bits per heavy atom. The quantitative estimate of drug-likeness (QED) is 0.740. The number of carbonyl (C=O) groups is 1. The summed E-state index contributed by atoms with van der Waals surface area (Å²) in [5.74, 6) is 1.39. The average Bonchev–Trinajstić information content (AvgIpc) is 2.71. The lowest BCUT2D eigenvalue weighted by atomic mass is 10.1. The molecule has 1 N–H and O–H groups in total. The summed E-state index contributed by atoms with van der Waals surface area (Å²) in [5.41, 5.74) is 1.18. The number of hydrogen-bond acceptors (Lipinski definition) is 7. The number of amidine groups is 1. The van der Waals surface area contributed by atoms with Crippen molar-refractivity contribution in [3.63, 3.8) is 0 Å². The number of methoxy groups -OCH3 is 3. The van der Waals surface area contributed by atoms with Crippen LogP contribution in [-0.4, -0.2) is 58.7 Å². The van der Waals surface area contributed by atoms with E-state index < -0.39 is 10.0 Å². The molecule has 0 fully saturated rings. The van der Waals surface area contributed by atoms with Gasteiger partial charge >= 0.3 is 0 Å². The van der Waals surface area contributed by atoms with Gasteiger partial charge in [-0.25, -0.2) is 8.42 Å². The average molecular weight is 421 g/mol. The number of ether oxygens (including phenoxy) is 3. The SMILES string of the molecule is COc1cc(C(C)NC(=O)C2=CN3CCS(=O)(=O)N=C3C=C2)cc(OC)c1OC. The number of carbonyl (C=O) groups excluding carboxylic acids is 1. The second kappa shape index (κ2) is 8.16. The minimum absolute atomic E-state index is 0.0857. The van der Waals surface area contributed by atoms with Crippen LogP contribution in [0.5, 0.6) is 17.2 Å². The van der Waals surface area contributed by atoms with Crippen LogP contribution in [0.25, 0.3) is 0 Å². The Labute approximate surface area is 169 Å². The summed E-state index contributed by atoms with van der Waals surface area (Å²) in [6.45, 7) is 2.09. The third-order valence-corrected chi connectivity index (χ3v) is 5.78. The molecule has 0 bridgehead atoms. The van der Waals surface area contributed by atoms with Gasteiger partial charge in [-0.3, -0.25) is 4.79 Å². The minimum Gasteiger partial charge on any atom is -0.493 e. The van der Waals surface area contributed by atoms with E-state index in [0.717, 1.165) is 5.56 Å². The largest absolute Gasteiger partial charge is 0.493 e. The van der Waals surface area contributed by atoms with Gasteiger partial charge < -0.3 is 24.4 Å². The molecular weight excluding hydrogens is 398 g/mol. The minimum atomic E-state index is -3.43. The monoisotopic (exact) mass is 421 g/mol. The van der Waals surface area contributed by atoms with Crippen LogP contribution in [0.15, 0.2) is 40.5 Å². The lowest BCUT2D eigenvalue weighted by Crippen LogP contribution is -2.38. The van der Waals surface area contributed by atoms with Crippen molar-refractivity contribution in [2.24, 2.45) is 4.40 Å². The Hall–Kier alpha value is -3.01. The highest BCUT2D eigenvalue weighted by Gasteiger charge is 2.25. The first-order valence-corrected chi connectivity index (χ1v) is 10.5. The summed E-state index contributed by atoms with van der Waals surface area (Å²) < 4.78 is 42.9. The first kappa shape index (κ1) is 20.7. The molecule has 0 aliphatic carbocycles. The number of nitrogens with zero attached hydrogens (tertiary/aromatic N) is 2. The zero-order chi connectivity index (χ0) is 21.2. The van der Waals surface area contributed by atoms with E-state index in [2.05, 4.69) is 9.71 Å². The number of rotatable bonds is 6. The van der Waals surface area contributed by atoms with Gasteiger partial charge in [0.1, 0.15) is 5.84 Å². The number of benzene rings is 1. The van der Waals surface area contributed by atoms with E-state index in [0.29, 0.717) is 28.7 Å². The van der Waals surface area contributed by atoms with Crippen LogP contribution >= 0.6 is 0 Å². The highest BCUT2D eigenvalue weighted by Crippen LogP contribution is 2.39. The van der Waals surface area contributed by atoms with Crippen LogP contribution in [0, 0.1) is 0 Å². The molecule has 0 saturated carbocycles. The number of sulfonamides is 1. The topological polar surface area (TPSA) is 107 Å². The zero-order valence-electron chi connectivity index (χ0n) is 16.6. The molecule has 2 aliphatic rings. The molecule has 1 aromatic carbocycles. The molecule has 1 atom stereocenters. The van der Waals surface area contributed by atoms with E-state index in [-0.39, 0.29) is 24.2 Å². The molecule has 3 rings (SSSR count). The highest BCUT2D eigenvalue weighted by atomic mass is 32.2. The standard InChI is InChI=1S/C19H23N3O6S/c1-12(14-9-15(26-2)18(28-4)16(10-14)27-3)20-19(23)13-5-6-17-21-29(24,25)8-7-22(17)11-13/h5-6,9-12H,7-8H2,1-4H3,(H,20,23). The van der Waals surface area contributed by atoms with E-state index in [1.807, 2.05) is 6.92 Å². The van der Waals surface area contributed by atoms with Crippen molar-refractivity contribution in [3.05, 3.63) is 41.6 Å².